The highest BCUT2D eigenvalue weighted by Gasteiger charge is 2.25. The van der Waals surface area contributed by atoms with Gasteiger partial charge in [0.2, 0.25) is 0 Å². The first kappa shape index (κ1) is 31.9. The number of rotatable bonds is 5. The van der Waals surface area contributed by atoms with Crippen LogP contribution in [0, 0.1) is 0 Å². The predicted molar refractivity (Wildman–Crippen MR) is 236 cm³/mol. The Bertz CT molecular complexity index is 3460. The van der Waals surface area contributed by atoms with Gasteiger partial charge in [-0.15, -0.1) is 11.3 Å². The van der Waals surface area contributed by atoms with E-state index in [0.717, 1.165) is 61.0 Å². The van der Waals surface area contributed by atoms with E-state index in [1.165, 1.54) is 36.5 Å². The zero-order valence-corrected chi connectivity index (χ0v) is 31.2. The molecule has 57 heavy (non-hydrogen) atoms. The Morgan fingerprint density at radius 2 is 1.04 bits per heavy atom. The topological polar surface area (TPSA) is 56.7 Å². The minimum Gasteiger partial charge on any atom is -0.455 e. The van der Waals surface area contributed by atoms with E-state index in [2.05, 4.69) is 120 Å². The van der Waals surface area contributed by atoms with Crippen molar-refractivity contribution in [3.63, 3.8) is 0 Å². The zero-order valence-electron chi connectivity index (χ0n) is 30.4. The molecule has 0 aliphatic rings. The van der Waals surface area contributed by atoms with Crippen LogP contribution in [0.25, 0.3) is 115 Å². The van der Waals surface area contributed by atoms with Crippen LogP contribution in [-0.4, -0.2) is 19.5 Å². The highest BCUT2D eigenvalue weighted by atomic mass is 32.1. The Labute approximate surface area is 330 Å². The number of aromatic nitrogens is 4. The molecule has 0 amide bonds. The molecule has 4 aromatic heterocycles. The van der Waals surface area contributed by atoms with E-state index in [-0.39, 0.29) is 0 Å². The number of benzene rings is 8. The molecule has 8 aromatic carbocycles. The van der Waals surface area contributed by atoms with Crippen molar-refractivity contribution in [1.29, 1.82) is 0 Å². The van der Waals surface area contributed by atoms with Crippen LogP contribution in [0.4, 0.5) is 0 Å². The van der Waals surface area contributed by atoms with Gasteiger partial charge < -0.3 is 8.98 Å². The molecule has 12 aromatic rings. The first-order chi connectivity index (χ1) is 28.3. The molecule has 0 saturated heterocycles. The van der Waals surface area contributed by atoms with E-state index in [1.807, 2.05) is 78.1 Å². The van der Waals surface area contributed by atoms with Crippen molar-refractivity contribution in [3.8, 4) is 51.0 Å². The van der Waals surface area contributed by atoms with Crippen LogP contribution < -0.4 is 0 Å². The van der Waals surface area contributed by atoms with Gasteiger partial charge in [0, 0.05) is 53.9 Å². The quantitative estimate of drug-likeness (QED) is 0.176. The van der Waals surface area contributed by atoms with Crippen molar-refractivity contribution in [2.45, 2.75) is 0 Å². The molecule has 0 N–H and O–H groups in total. The fourth-order valence-electron chi connectivity index (χ4n) is 8.53. The van der Waals surface area contributed by atoms with Gasteiger partial charge in [-0.3, -0.25) is 0 Å². The third kappa shape index (κ3) is 4.91. The normalized spacial score (nSPS) is 11.9. The largest absolute Gasteiger partial charge is 0.455 e. The SMILES string of the molecule is c1ccc(-c2nc(-c3ccccc3)nc(-c3cccc4oc5c(-c6ccccc6)ccc(-n6c7ccccc7c7ccc8c9ccccc9sc8c76)c5c34)n2)cc1. The van der Waals surface area contributed by atoms with Crippen LogP contribution in [0.5, 0.6) is 0 Å². The molecule has 4 heterocycles. The summed E-state index contributed by atoms with van der Waals surface area (Å²) in [6.45, 7) is 0. The number of hydrogen-bond donors (Lipinski definition) is 0. The maximum Gasteiger partial charge on any atom is 0.164 e. The summed E-state index contributed by atoms with van der Waals surface area (Å²) < 4.78 is 12.0. The second-order valence-corrected chi connectivity index (χ2v) is 15.4. The Morgan fingerprint density at radius 3 is 1.77 bits per heavy atom. The lowest BCUT2D eigenvalue weighted by Gasteiger charge is -2.13. The molecule has 0 spiro atoms. The Hall–Kier alpha value is -7.41. The molecule has 0 saturated carbocycles. The average Bonchev–Trinajstić information content (AvgIpc) is 3.97. The van der Waals surface area contributed by atoms with Crippen LogP contribution in [0.2, 0.25) is 0 Å². The van der Waals surface area contributed by atoms with E-state index in [9.17, 15) is 0 Å². The van der Waals surface area contributed by atoms with Crippen molar-refractivity contribution < 1.29 is 4.42 Å². The molecule has 266 valence electrons. The summed E-state index contributed by atoms with van der Waals surface area (Å²) in [5.41, 5.74) is 9.77. The number of para-hydroxylation sites is 1. The Kier molecular flexibility index (Phi) is 7.03. The van der Waals surface area contributed by atoms with Gasteiger partial charge in [0.1, 0.15) is 11.2 Å². The number of hydrogen-bond acceptors (Lipinski definition) is 5. The zero-order chi connectivity index (χ0) is 37.5. The summed E-state index contributed by atoms with van der Waals surface area (Å²) in [7, 11) is 0. The van der Waals surface area contributed by atoms with Gasteiger partial charge in [0.25, 0.3) is 0 Å². The van der Waals surface area contributed by atoms with Gasteiger partial charge in [0.15, 0.2) is 17.5 Å². The number of fused-ring (bicyclic) bond motifs is 10. The van der Waals surface area contributed by atoms with E-state index >= 15 is 0 Å². The summed E-state index contributed by atoms with van der Waals surface area (Å²) in [4.78, 5) is 15.4. The summed E-state index contributed by atoms with van der Waals surface area (Å²) in [6.07, 6.45) is 0. The van der Waals surface area contributed by atoms with Crippen molar-refractivity contribution >= 4 is 75.3 Å². The van der Waals surface area contributed by atoms with E-state index < -0.39 is 0 Å². The minimum atomic E-state index is 0.584. The first-order valence-electron chi connectivity index (χ1n) is 19.0. The molecule has 0 atom stereocenters. The fourth-order valence-corrected chi connectivity index (χ4v) is 9.77. The maximum atomic E-state index is 7.05. The van der Waals surface area contributed by atoms with E-state index in [4.69, 9.17) is 19.4 Å². The Balaban J connectivity index is 1.24. The van der Waals surface area contributed by atoms with Crippen molar-refractivity contribution in [2.24, 2.45) is 0 Å². The van der Waals surface area contributed by atoms with Crippen molar-refractivity contribution in [2.75, 3.05) is 0 Å². The van der Waals surface area contributed by atoms with Crippen molar-refractivity contribution in [1.82, 2.24) is 19.5 Å². The second-order valence-electron chi connectivity index (χ2n) is 14.3. The van der Waals surface area contributed by atoms with Gasteiger partial charge in [-0.05, 0) is 35.9 Å². The first-order valence-corrected chi connectivity index (χ1v) is 19.8. The fraction of sp³-hybridized carbons (Fsp3) is 0. The second kappa shape index (κ2) is 12.6. The van der Waals surface area contributed by atoms with Gasteiger partial charge in [-0.1, -0.05) is 152 Å². The highest BCUT2D eigenvalue weighted by Crippen LogP contribution is 2.47. The summed E-state index contributed by atoms with van der Waals surface area (Å²) in [6, 6.07) is 63.5. The Morgan fingerprint density at radius 1 is 0.421 bits per heavy atom. The van der Waals surface area contributed by atoms with Crippen LogP contribution in [-0.2, 0) is 0 Å². The third-order valence-electron chi connectivity index (χ3n) is 11.1. The van der Waals surface area contributed by atoms with E-state index in [1.54, 1.807) is 0 Å². The highest BCUT2D eigenvalue weighted by molar-refractivity contribution is 7.26. The standard InChI is InChI=1S/C51H30N4OS/c1-4-15-31(16-5-1)34-29-30-41(55-40-24-12-10-21-35(40)37-27-28-38-36-22-11-13-26-43(36)57-48(38)46(37)55)45-44-39(23-14-25-42(44)56-47(34)45)51-53-49(32-17-6-2-7-18-32)52-50(54-51)33-19-8-3-9-20-33/h1-30H. The van der Waals surface area contributed by atoms with Crippen LogP contribution in [0.15, 0.2) is 186 Å². The molecule has 0 aliphatic carbocycles. The van der Waals surface area contributed by atoms with E-state index in [0.29, 0.717) is 17.5 Å². The van der Waals surface area contributed by atoms with Crippen LogP contribution >= 0.6 is 11.3 Å². The minimum absolute atomic E-state index is 0.584. The molecule has 0 radical (unpaired) electrons. The van der Waals surface area contributed by atoms with Crippen LogP contribution in [0.1, 0.15) is 0 Å². The lowest BCUT2D eigenvalue weighted by atomic mass is 9.98. The smallest absolute Gasteiger partial charge is 0.164 e. The molecular formula is C51H30N4OS. The van der Waals surface area contributed by atoms with Gasteiger partial charge >= 0.3 is 0 Å². The van der Waals surface area contributed by atoms with Crippen molar-refractivity contribution in [3.05, 3.63) is 182 Å². The molecule has 12 rings (SSSR count). The van der Waals surface area contributed by atoms with Crippen LogP contribution in [0.3, 0.4) is 0 Å². The monoisotopic (exact) mass is 746 g/mol. The average molecular weight is 747 g/mol. The third-order valence-corrected chi connectivity index (χ3v) is 12.3. The number of furan rings is 1. The van der Waals surface area contributed by atoms with Gasteiger partial charge in [-0.2, -0.15) is 0 Å². The number of nitrogens with zero attached hydrogens (tertiary/aromatic N) is 4. The van der Waals surface area contributed by atoms with Gasteiger partial charge in [0.05, 0.1) is 26.8 Å². The molecule has 6 heteroatoms. The lowest BCUT2D eigenvalue weighted by molar-refractivity contribution is 0.670. The molecule has 0 fully saturated rings. The van der Waals surface area contributed by atoms with Gasteiger partial charge in [-0.25, -0.2) is 15.0 Å². The summed E-state index contributed by atoms with van der Waals surface area (Å²) in [5, 5.41) is 6.92. The molecular weight excluding hydrogens is 717 g/mol. The molecule has 0 unspecified atom stereocenters. The molecule has 5 nitrogen and oxygen atoms in total. The molecule has 0 aliphatic heterocycles. The predicted octanol–water partition coefficient (Wildman–Crippen LogP) is 13.9. The summed E-state index contributed by atoms with van der Waals surface area (Å²) in [5.74, 6) is 1.81. The molecule has 0 bridgehead atoms. The number of thiophene rings is 1. The maximum absolute atomic E-state index is 7.05. The lowest BCUT2D eigenvalue weighted by Crippen LogP contribution is -2.00. The summed E-state index contributed by atoms with van der Waals surface area (Å²) >= 11 is 1.85.